The van der Waals surface area contributed by atoms with E-state index in [9.17, 15) is 0 Å². The maximum atomic E-state index is 5.63. The van der Waals surface area contributed by atoms with Gasteiger partial charge in [0.1, 0.15) is 5.75 Å². The summed E-state index contributed by atoms with van der Waals surface area (Å²) >= 11 is 0. The molecule has 0 amide bonds. The van der Waals surface area contributed by atoms with Crippen molar-refractivity contribution in [3.8, 4) is 11.8 Å². The van der Waals surface area contributed by atoms with Gasteiger partial charge in [0, 0.05) is 24.5 Å². The number of nitrogens with one attached hydrogen (secondary N) is 1. The predicted octanol–water partition coefficient (Wildman–Crippen LogP) is 2.69. The van der Waals surface area contributed by atoms with Crippen molar-refractivity contribution in [2.75, 3.05) is 6.54 Å². The van der Waals surface area contributed by atoms with Gasteiger partial charge >= 0.3 is 6.01 Å². The number of ether oxygens (including phenoxy) is 1. The summed E-state index contributed by atoms with van der Waals surface area (Å²) in [6.45, 7) is 5.77. The molecule has 1 aromatic heterocycles. The van der Waals surface area contributed by atoms with Crippen LogP contribution in [-0.2, 0) is 6.54 Å². The highest BCUT2D eigenvalue weighted by Gasteiger charge is 2.02. The summed E-state index contributed by atoms with van der Waals surface area (Å²) in [6, 6.07) is 8.19. The normalized spacial score (nSPS) is 10.3. The summed E-state index contributed by atoms with van der Waals surface area (Å²) < 4.78 is 5.63. The van der Waals surface area contributed by atoms with Gasteiger partial charge in [0.25, 0.3) is 0 Å². The van der Waals surface area contributed by atoms with E-state index in [1.54, 1.807) is 12.4 Å². The molecule has 1 N–H and O–H groups in total. The summed E-state index contributed by atoms with van der Waals surface area (Å²) in [6.07, 6.45) is 3.56. The molecule has 1 aromatic carbocycles. The minimum Gasteiger partial charge on any atom is -0.424 e. The Morgan fingerprint density at radius 1 is 1.17 bits per heavy atom. The van der Waals surface area contributed by atoms with Crippen molar-refractivity contribution < 1.29 is 4.74 Å². The van der Waals surface area contributed by atoms with Crippen LogP contribution in [-0.4, -0.2) is 16.5 Å². The maximum absolute atomic E-state index is 5.63. The smallest absolute Gasteiger partial charge is 0.321 e. The molecule has 0 radical (unpaired) electrons. The second-order valence-electron chi connectivity index (χ2n) is 4.02. The fraction of sp³-hybridized carbons (Fsp3) is 0.286. The van der Waals surface area contributed by atoms with Gasteiger partial charge in [0.15, 0.2) is 0 Å². The van der Waals surface area contributed by atoms with Crippen LogP contribution in [0.4, 0.5) is 0 Å². The molecule has 4 heteroatoms. The number of hydrogen-bond donors (Lipinski definition) is 1. The Morgan fingerprint density at radius 3 is 2.56 bits per heavy atom. The quantitative estimate of drug-likeness (QED) is 0.877. The maximum Gasteiger partial charge on any atom is 0.321 e. The SMILES string of the molecule is CCNCc1cnc(Oc2ccccc2C)nc1. The first-order chi connectivity index (χ1) is 8.79. The molecule has 0 aliphatic heterocycles. The highest BCUT2D eigenvalue weighted by molar-refractivity contribution is 5.33. The minimum atomic E-state index is 0.379. The largest absolute Gasteiger partial charge is 0.424 e. The number of rotatable bonds is 5. The lowest BCUT2D eigenvalue weighted by Gasteiger charge is -2.07. The van der Waals surface area contributed by atoms with E-state index in [1.807, 2.05) is 31.2 Å². The van der Waals surface area contributed by atoms with Crippen LogP contribution in [0.2, 0.25) is 0 Å². The zero-order valence-corrected chi connectivity index (χ0v) is 10.7. The van der Waals surface area contributed by atoms with Crippen molar-refractivity contribution in [1.82, 2.24) is 15.3 Å². The van der Waals surface area contributed by atoms with Gasteiger partial charge in [-0.25, -0.2) is 9.97 Å². The van der Waals surface area contributed by atoms with Crippen molar-refractivity contribution in [3.63, 3.8) is 0 Å². The number of benzene rings is 1. The number of para-hydroxylation sites is 1. The molecular weight excluding hydrogens is 226 g/mol. The molecule has 0 aliphatic rings. The first-order valence-electron chi connectivity index (χ1n) is 6.04. The van der Waals surface area contributed by atoms with E-state index in [1.165, 1.54) is 0 Å². The van der Waals surface area contributed by atoms with Crippen LogP contribution in [0.3, 0.4) is 0 Å². The van der Waals surface area contributed by atoms with Crippen LogP contribution in [0.25, 0.3) is 0 Å². The van der Waals surface area contributed by atoms with Gasteiger partial charge in [-0.05, 0) is 25.1 Å². The van der Waals surface area contributed by atoms with Crippen LogP contribution >= 0.6 is 0 Å². The molecule has 0 spiro atoms. The van der Waals surface area contributed by atoms with Crippen molar-refractivity contribution in [1.29, 1.82) is 0 Å². The lowest BCUT2D eigenvalue weighted by atomic mass is 10.2. The fourth-order valence-electron chi connectivity index (χ4n) is 1.53. The Hall–Kier alpha value is -1.94. The molecule has 0 atom stereocenters. The van der Waals surface area contributed by atoms with Gasteiger partial charge < -0.3 is 10.1 Å². The molecule has 0 saturated carbocycles. The Bertz CT molecular complexity index is 497. The fourth-order valence-corrected chi connectivity index (χ4v) is 1.53. The van der Waals surface area contributed by atoms with E-state index >= 15 is 0 Å². The molecule has 0 fully saturated rings. The third-order valence-electron chi connectivity index (χ3n) is 2.56. The zero-order chi connectivity index (χ0) is 12.8. The summed E-state index contributed by atoms with van der Waals surface area (Å²) in [5.74, 6) is 0.789. The van der Waals surface area contributed by atoms with Crippen LogP contribution in [0, 0.1) is 6.92 Å². The van der Waals surface area contributed by atoms with Crippen molar-refractivity contribution in [3.05, 3.63) is 47.8 Å². The Kier molecular flexibility index (Phi) is 4.25. The van der Waals surface area contributed by atoms with E-state index in [0.29, 0.717) is 6.01 Å². The summed E-state index contributed by atoms with van der Waals surface area (Å²) in [5.41, 5.74) is 2.12. The van der Waals surface area contributed by atoms with Gasteiger partial charge in [-0.15, -0.1) is 0 Å². The van der Waals surface area contributed by atoms with Crippen LogP contribution in [0.1, 0.15) is 18.1 Å². The Balaban J connectivity index is 2.04. The summed E-state index contributed by atoms with van der Waals surface area (Å²) in [7, 11) is 0. The molecule has 0 saturated heterocycles. The third kappa shape index (κ3) is 3.28. The molecular formula is C14H17N3O. The van der Waals surface area contributed by atoms with Gasteiger partial charge in [0.05, 0.1) is 0 Å². The second-order valence-corrected chi connectivity index (χ2v) is 4.02. The summed E-state index contributed by atoms with van der Waals surface area (Å²) in [4.78, 5) is 8.39. The molecule has 0 unspecified atom stereocenters. The standard InChI is InChI=1S/C14H17N3O/c1-3-15-8-12-9-16-14(17-10-12)18-13-7-5-4-6-11(13)2/h4-7,9-10,15H,3,8H2,1-2H3. The predicted molar refractivity (Wildman–Crippen MR) is 70.7 cm³/mol. The molecule has 4 nitrogen and oxygen atoms in total. The topological polar surface area (TPSA) is 47.0 Å². The average Bonchev–Trinajstić information content (AvgIpc) is 2.41. The van der Waals surface area contributed by atoms with E-state index in [2.05, 4.69) is 22.2 Å². The Labute approximate surface area is 107 Å². The molecule has 2 aromatic rings. The van der Waals surface area contributed by atoms with E-state index in [-0.39, 0.29) is 0 Å². The third-order valence-corrected chi connectivity index (χ3v) is 2.56. The number of aromatic nitrogens is 2. The molecule has 18 heavy (non-hydrogen) atoms. The van der Waals surface area contributed by atoms with Crippen LogP contribution < -0.4 is 10.1 Å². The highest BCUT2D eigenvalue weighted by Crippen LogP contribution is 2.21. The second kappa shape index (κ2) is 6.12. The minimum absolute atomic E-state index is 0.379. The number of nitrogens with zero attached hydrogens (tertiary/aromatic N) is 2. The van der Waals surface area contributed by atoms with E-state index < -0.39 is 0 Å². The van der Waals surface area contributed by atoms with Crippen molar-refractivity contribution in [2.24, 2.45) is 0 Å². The monoisotopic (exact) mass is 243 g/mol. The van der Waals surface area contributed by atoms with Crippen LogP contribution in [0.5, 0.6) is 11.8 Å². The van der Waals surface area contributed by atoms with Crippen LogP contribution in [0.15, 0.2) is 36.7 Å². The lowest BCUT2D eigenvalue weighted by Crippen LogP contribution is -2.12. The zero-order valence-electron chi connectivity index (χ0n) is 10.7. The molecule has 2 rings (SSSR count). The molecule has 0 aliphatic carbocycles. The molecule has 1 heterocycles. The van der Waals surface area contributed by atoms with E-state index in [0.717, 1.165) is 30.0 Å². The average molecular weight is 243 g/mol. The summed E-state index contributed by atoms with van der Waals surface area (Å²) in [5, 5.41) is 3.22. The number of aryl methyl sites for hydroxylation is 1. The van der Waals surface area contributed by atoms with Gasteiger partial charge in [0.2, 0.25) is 0 Å². The molecule has 94 valence electrons. The van der Waals surface area contributed by atoms with Gasteiger partial charge in [-0.1, -0.05) is 25.1 Å². The number of hydrogen-bond acceptors (Lipinski definition) is 4. The first kappa shape index (κ1) is 12.5. The molecule has 0 bridgehead atoms. The van der Waals surface area contributed by atoms with Gasteiger partial charge in [-0.3, -0.25) is 0 Å². The Morgan fingerprint density at radius 2 is 1.89 bits per heavy atom. The van der Waals surface area contributed by atoms with E-state index in [4.69, 9.17) is 4.74 Å². The first-order valence-corrected chi connectivity index (χ1v) is 6.04. The van der Waals surface area contributed by atoms with Gasteiger partial charge in [-0.2, -0.15) is 0 Å². The lowest BCUT2D eigenvalue weighted by molar-refractivity contribution is 0.437. The highest BCUT2D eigenvalue weighted by atomic mass is 16.5. The van der Waals surface area contributed by atoms with Crippen molar-refractivity contribution >= 4 is 0 Å². The van der Waals surface area contributed by atoms with Crippen molar-refractivity contribution in [2.45, 2.75) is 20.4 Å².